The first kappa shape index (κ1) is 18.3. The Balaban J connectivity index is 2.04. The highest BCUT2D eigenvalue weighted by Gasteiger charge is 2.19. The zero-order chi connectivity index (χ0) is 20.0. The maximum atomic E-state index is 13.0. The van der Waals surface area contributed by atoms with Gasteiger partial charge in [0.25, 0.3) is 5.56 Å². The van der Waals surface area contributed by atoms with Crippen molar-refractivity contribution in [2.75, 3.05) is 0 Å². The first-order chi connectivity index (χ1) is 13.4. The van der Waals surface area contributed by atoms with E-state index in [4.69, 9.17) is 11.6 Å². The molecule has 4 aromatic rings. The summed E-state index contributed by atoms with van der Waals surface area (Å²) in [5.74, 6) is 0. The number of aryl methyl sites for hydroxylation is 2. The van der Waals surface area contributed by atoms with Crippen molar-refractivity contribution < 1.29 is 0 Å². The minimum Gasteiger partial charge on any atom is -0.340 e. The second-order valence-electron chi connectivity index (χ2n) is 7.06. The van der Waals surface area contributed by atoms with E-state index >= 15 is 0 Å². The molecule has 6 heteroatoms. The molecule has 2 aromatic carbocycles. The van der Waals surface area contributed by atoms with Gasteiger partial charge in [-0.1, -0.05) is 53.6 Å². The van der Waals surface area contributed by atoms with Crippen molar-refractivity contribution in [3.8, 4) is 11.3 Å². The molecule has 142 valence electrons. The Bertz CT molecular complexity index is 1290. The summed E-state index contributed by atoms with van der Waals surface area (Å²) in [7, 11) is 3.20. The monoisotopic (exact) mass is 393 g/mol. The van der Waals surface area contributed by atoms with E-state index in [1.54, 1.807) is 7.05 Å². The van der Waals surface area contributed by atoms with Gasteiger partial charge < -0.3 is 4.57 Å². The number of benzene rings is 2. The van der Waals surface area contributed by atoms with E-state index in [0.717, 1.165) is 27.0 Å². The first-order valence-electron chi connectivity index (χ1n) is 8.97. The lowest BCUT2D eigenvalue weighted by Crippen LogP contribution is -2.36. The van der Waals surface area contributed by atoms with Crippen LogP contribution in [0.2, 0.25) is 5.02 Å². The standard InChI is InChI=1S/C22H20ClN3O2/c1-14-4-8-16(9-5-14)20-19-18(24(2)22(28)25(3)21(19)27)13-26(20)12-15-6-10-17(23)11-7-15/h4-11,13H,12H2,1-3H3. The number of aromatic nitrogens is 3. The number of rotatable bonds is 3. The molecule has 0 N–H and O–H groups in total. The van der Waals surface area contributed by atoms with Gasteiger partial charge in [-0.05, 0) is 30.2 Å². The van der Waals surface area contributed by atoms with Crippen molar-refractivity contribution >= 4 is 22.5 Å². The molecule has 0 unspecified atom stereocenters. The molecular formula is C22H20ClN3O2. The number of nitrogens with zero attached hydrogens (tertiary/aromatic N) is 3. The lowest BCUT2D eigenvalue weighted by atomic mass is 10.1. The van der Waals surface area contributed by atoms with E-state index in [0.29, 0.717) is 22.5 Å². The van der Waals surface area contributed by atoms with Crippen LogP contribution in [0.15, 0.2) is 64.3 Å². The maximum Gasteiger partial charge on any atom is 0.330 e. The van der Waals surface area contributed by atoms with Gasteiger partial charge in [-0.25, -0.2) is 4.79 Å². The van der Waals surface area contributed by atoms with Crippen LogP contribution in [0.3, 0.4) is 0 Å². The Labute approximate surface area is 167 Å². The molecule has 0 aliphatic carbocycles. The summed E-state index contributed by atoms with van der Waals surface area (Å²) in [6, 6.07) is 15.7. The molecule has 0 saturated heterocycles. The van der Waals surface area contributed by atoms with Crippen LogP contribution < -0.4 is 11.2 Å². The average molecular weight is 394 g/mol. The summed E-state index contributed by atoms with van der Waals surface area (Å²) >= 11 is 6.01. The SMILES string of the molecule is Cc1ccc(-c2c3c(=O)n(C)c(=O)n(C)c3cn2Cc2ccc(Cl)cc2)cc1. The van der Waals surface area contributed by atoms with Crippen LogP contribution in [-0.4, -0.2) is 13.7 Å². The van der Waals surface area contributed by atoms with Gasteiger partial charge in [0.05, 0.1) is 16.6 Å². The molecule has 5 nitrogen and oxygen atoms in total. The normalized spacial score (nSPS) is 11.3. The van der Waals surface area contributed by atoms with Crippen molar-refractivity contribution in [3.05, 3.63) is 91.7 Å². The molecule has 0 fully saturated rings. The molecule has 0 spiro atoms. The second-order valence-corrected chi connectivity index (χ2v) is 7.50. The van der Waals surface area contributed by atoms with Gasteiger partial charge in [-0.2, -0.15) is 0 Å². The molecule has 0 bridgehead atoms. The Morgan fingerprint density at radius 1 is 0.893 bits per heavy atom. The number of fused-ring (bicyclic) bond motifs is 1. The summed E-state index contributed by atoms with van der Waals surface area (Å²) in [5.41, 5.74) is 3.94. The fourth-order valence-corrected chi connectivity index (χ4v) is 3.65. The Kier molecular flexibility index (Phi) is 4.47. The minimum atomic E-state index is -0.336. The zero-order valence-electron chi connectivity index (χ0n) is 15.9. The predicted octanol–water partition coefficient (Wildman–Crippen LogP) is 3.72. The lowest BCUT2D eigenvalue weighted by molar-refractivity contribution is 0.714. The molecule has 0 radical (unpaired) electrons. The Hall–Kier alpha value is -3.05. The van der Waals surface area contributed by atoms with Gasteiger partial charge >= 0.3 is 5.69 Å². The summed E-state index contributed by atoms with van der Waals surface area (Å²) in [4.78, 5) is 25.4. The molecule has 0 atom stereocenters. The molecule has 2 aromatic heterocycles. The summed E-state index contributed by atoms with van der Waals surface area (Å²) in [5, 5.41) is 1.22. The van der Waals surface area contributed by atoms with Crippen molar-refractivity contribution in [2.45, 2.75) is 13.5 Å². The van der Waals surface area contributed by atoms with E-state index in [2.05, 4.69) is 0 Å². The third kappa shape index (κ3) is 2.98. The van der Waals surface area contributed by atoms with E-state index in [-0.39, 0.29) is 11.2 Å². The molecule has 2 heterocycles. The topological polar surface area (TPSA) is 48.9 Å². The zero-order valence-corrected chi connectivity index (χ0v) is 16.7. The van der Waals surface area contributed by atoms with Crippen LogP contribution >= 0.6 is 11.6 Å². The molecule has 0 amide bonds. The highest BCUT2D eigenvalue weighted by atomic mass is 35.5. The number of halogens is 1. The fourth-order valence-electron chi connectivity index (χ4n) is 3.52. The van der Waals surface area contributed by atoms with Crippen molar-refractivity contribution in [1.82, 2.24) is 13.7 Å². The van der Waals surface area contributed by atoms with Gasteiger partial charge in [0.1, 0.15) is 0 Å². The first-order valence-corrected chi connectivity index (χ1v) is 9.35. The quantitative estimate of drug-likeness (QED) is 0.532. The minimum absolute atomic E-state index is 0.288. The average Bonchev–Trinajstić information content (AvgIpc) is 3.06. The van der Waals surface area contributed by atoms with Crippen LogP contribution in [0, 0.1) is 6.92 Å². The second kappa shape index (κ2) is 6.84. The number of hydrogen-bond donors (Lipinski definition) is 0. The van der Waals surface area contributed by atoms with Crippen LogP contribution in [0.5, 0.6) is 0 Å². The highest BCUT2D eigenvalue weighted by molar-refractivity contribution is 6.30. The van der Waals surface area contributed by atoms with Gasteiger partial charge in [0, 0.05) is 31.9 Å². The van der Waals surface area contributed by atoms with E-state index < -0.39 is 0 Å². The van der Waals surface area contributed by atoms with Crippen molar-refractivity contribution in [3.63, 3.8) is 0 Å². The molecule has 0 aliphatic rings. The fraction of sp³-hybridized carbons (Fsp3) is 0.182. The third-order valence-electron chi connectivity index (χ3n) is 5.10. The molecule has 28 heavy (non-hydrogen) atoms. The largest absolute Gasteiger partial charge is 0.340 e. The van der Waals surface area contributed by atoms with E-state index in [1.807, 2.05) is 66.2 Å². The summed E-state index contributed by atoms with van der Waals surface area (Å²) in [6.07, 6.45) is 1.88. The van der Waals surface area contributed by atoms with Crippen LogP contribution in [0.25, 0.3) is 22.2 Å². The third-order valence-corrected chi connectivity index (χ3v) is 5.36. The lowest BCUT2D eigenvalue weighted by Gasteiger charge is -2.11. The van der Waals surface area contributed by atoms with Crippen molar-refractivity contribution in [1.29, 1.82) is 0 Å². The van der Waals surface area contributed by atoms with Gasteiger partial charge in [0.15, 0.2) is 0 Å². The van der Waals surface area contributed by atoms with Gasteiger partial charge in [-0.3, -0.25) is 13.9 Å². The van der Waals surface area contributed by atoms with Gasteiger partial charge in [-0.15, -0.1) is 0 Å². The predicted molar refractivity (Wildman–Crippen MR) is 113 cm³/mol. The Morgan fingerprint density at radius 2 is 1.54 bits per heavy atom. The van der Waals surface area contributed by atoms with Crippen LogP contribution in [0.1, 0.15) is 11.1 Å². The van der Waals surface area contributed by atoms with Gasteiger partial charge in [0.2, 0.25) is 0 Å². The van der Waals surface area contributed by atoms with Crippen molar-refractivity contribution in [2.24, 2.45) is 14.1 Å². The van der Waals surface area contributed by atoms with E-state index in [9.17, 15) is 9.59 Å². The highest BCUT2D eigenvalue weighted by Crippen LogP contribution is 2.29. The number of hydrogen-bond acceptors (Lipinski definition) is 2. The molecule has 0 saturated carbocycles. The van der Waals surface area contributed by atoms with Crippen LogP contribution in [-0.2, 0) is 20.6 Å². The summed E-state index contributed by atoms with van der Waals surface area (Å²) in [6.45, 7) is 2.59. The van der Waals surface area contributed by atoms with Crippen LogP contribution in [0.4, 0.5) is 0 Å². The molecule has 4 rings (SSSR count). The Morgan fingerprint density at radius 3 is 2.18 bits per heavy atom. The molecular weight excluding hydrogens is 374 g/mol. The molecule has 0 aliphatic heterocycles. The summed E-state index contributed by atoms with van der Waals surface area (Å²) < 4.78 is 4.71. The van der Waals surface area contributed by atoms with E-state index in [1.165, 1.54) is 11.6 Å². The maximum absolute atomic E-state index is 13.0. The smallest absolute Gasteiger partial charge is 0.330 e.